The van der Waals surface area contributed by atoms with Gasteiger partial charge in [0.1, 0.15) is 18.1 Å². The van der Waals surface area contributed by atoms with Gasteiger partial charge in [-0.15, -0.1) is 0 Å². The van der Waals surface area contributed by atoms with Crippen LogP contribution in [0.4, 0.5) is 0 Å². The molecule has 0 aliphatic carbocycles. The molecule has 0 saturated carbocycles. The predicted octanol–water partition coefficient (Wildman–Crippen LogP) is 1.31. The Balaban J connectivity index is 4.45. The molecule has 230 valence electrons. The number of carboxylic acids is 2. The second-order valence-corrected chi connectivity index (χ2v) is 10.2. The van der Waals surface area contributed by atoms with Gasteiger partial charge in [0.2, 0.25) is 23.6 Å². The summed E-state index contributed by atoms with van der Waals surface area (Å²) in [4.78, 5) is 70.9. The van der Waals surface area contributed by atoms with Gasteiger partial charge >= 0.3 is 11.9 Å². The molecule has 0 spiro atoms. The van der Waals surface area contributed by atoms with Crippen molar-refractivity contribution in [2.45, 2.75) is 134 Å². The SMILES string of the molecule is CCCCCCCCCCCC(=O)N[C@H](C)C(=O)N[C@H](CCC(=O)N[C@@H](CCC[C@H](N)C(N)=O)C(=O)O)C(=O)O. The molecule has 13 heteroatoms. The fourth-order valence-corrected chi connectivity index (χ4v) is 4.01. The Morgan fingerprint density at radius 1 is 0.650 bits per heavy atom. The fourth-order valence-electron chi connectivity index (χ4n) is 4.01. The van der Waals surface area contributed by atoms with Gasteiger partial charge in [0, 0.05) is 12.8 Å². The van der Waals surface area contributed by atoms with Gasteiger partial charge in [0.15, 0.2) is 0 Å². The molecule has 0 fully saturated rings. The quantitative estimate of drug-likeness (QED) is 0.0826. The highest BCUT2D eigenvalue weighted by atomic mass is 16.4. The smallest absolute Gasteiger partial charge is 0.326 e. The Kier molecular flexibility index (Phi) is 19.8. The molecule has 40 heavy (non-hydrogen) atoms. The lowest BCUT2D eigenvalue weighted by Crippen LogP contribution is -2.50. The zero-order valence-electron chi connectivity index (χ0n) is 23.9. The minimum Gasteiger partial charge on any atom is -0.480 e. The van der Waals surface area contributed by atoms with E-state index in [2.05, 4.69) is 22.9 Å². The summed E-state index contributed by atoms with van der Waals surface area (Å²) in [7, 11) is 0. The van der Waals surface area contributed by atoms with Gasteiger partial charge in [0.05, 0.1) is 6.04 Å². The van der Waals surface area contributed by atoms with Crippen molar-refractivity contribution in [3.8, 4) is 0 Å². The molecule has 4 atom stereocenters. The van der Waals surface area contributed by atoms with Crippen molar-refractivity contribution < 1.29 is 39.0 Å². The molecule has 9 N–H and O–H groups in total. The topological polar surface area (TPSA) is 231 Å². The molecule has 0 saturated heterocycles. The normalized spacial score (nSPS) is 13.9. The number of nitrogens with one attached hydrogen (secondary N) is 3. The molecule has 0 aromatic rings. The molecule has 0 radical (unpaired) electrons. The second kappa shape index (κ2) is 21.6. The summed E-state index contributed by atoms with van der Waals surface area (Å²) < 4.78 is 0. The number of aliphatic carboxylic acids is 2. The summed E-state index contributed by atoms with van der Waals surface area (Å²) in [6.07, 6.45) is 9.99. The van der Waals surface area contributed by atoms with Crippen LogP contribution in [-0.4, -0.2) is 69.9 Å². The van der Waals surface area contributed by atoms with E-state index in [1.54, 1.807) is 0 Å². The lowest BCUT2D eigenvalue weighted by atomic mass is 10.0. The maximum atomic E-state index is 12.4. The van der Waals surface area contributed by atoms with Gasteiger partial charge < -0.3 is 37.6 Å². The number of primary amides is 1. The minimum absolute atomic E-state index is 0.00257. The van der Waals surface area contributed by atoms with Crippen LogP contribution in [0, 0.1) is 0 Å². The van der Waals surface area contributed by atoms with E-state index >= 15 is 0 Å². The van der Waals surface area contributed by atoms with Crippen molar-refractivity contribution in [2.75, 3.05) is 0 Å². The highest BCUT2D eigenvalue weighted by Gasteiger charge is 2.26. The monoisotopic (exact) mass is 571 g/mol. The van der Waals surface area contributed by atoms with Crippen LogP contribution >= 0.6 is 0 Å². The summed E-state index contributed by atoms with van der Waals surface area (Å²) in [5.41, 5.74) is 10.6. The highest BCUT2D eigenvalue weighted by Crippen LogP contribution is 2.11. The zero-order valence-corrected chi connectivity index (χ0v) is 23.9. The molecule has 13 nitrogen and oxygen atoms in total. The van der Waals surface area contributed by atoms with Crippen LogP contribution in [0.15, 0.2) is 0 Å². The van der Waals surface area contributed by atoms with Crippen LogP contribution in [0.2, 0.25) is 0 Å². The number of hydrogen-bond acceptors (Lipinski definition) is 7. The molecule has 0 aromatic carbocycles. The first-order valence-electron chi connectivity index (χ1n) is 14.3. The summed E-state index contributed by atoms with van der Waals surface area (Å²) in [6, 6.07) is -4.56. The summed E-state index contributed by atoms with van der Waals surface area (Å²) >= 11 is 0. The third kappa shape index (κ3) is 18.1. The molecule has 0 bridgehead atoms. The molecule has 0 aliphatic heterocycles. The molecule has 0 heterocycles. The maximum Gasteiger partial charge on any atom is 0.326 e. The number of carbonyl (C=O) groups is 6. The summed E-state index contributed by atoms with van der Waals surface area (Å²) in [6.45, 7) is 3.62. The Morgan fingerprint density at radius 2 is 1.15 bits per heavy atom. The van der Waals surface area contributed by atoms with Gasteiger partial charge in [-0.25, -0.2) is 9.59 Å². The Morgan fingerprint density at radius 3 is 1.68 bits per heavy atom. The fraction of sp³-hybridized carbons (Fsp3) is 0.778. The van der Waals surface area contributed by atoms with Crippen molar-refractivity contribution in [1.82, 2.24) is 16.0 Å². The summed E-state index contributed by atoms with van der Waals surface area (Å²) in [5, 5.41) is 25.9. The molecule has 0 rings (SSSR count). The van der Waals surface area contributed by atoms with Crippen molar-refractivity contribution in [3.63, 3.8) is 0 Å². The first kappa shape index (κ1) is 36.8. The summed E-state index contributed by atoms with van der Waals surface area (Å²) in [5.74, 6) is -5.10. The van der Waals surface area contributed by atoms with E-state index in [0.29, 0.717) is 6.42 Å². The van der Waals surface area contributed by atoms with Gasteiger partial charge in [-0.1, -0.05) is 58.3 Å². The standard InChI is InChI=1S/C27H49N5O8/c1-3-4-5-6-7-8-9-10-11-15-22(33)30-18(2)25(36)32-21(27(39)40)16-17-23(34)31-20(26(37)38)14-12-13-19(28)24(29)35/h18-21H,3-17,28H2,1-2H3,(H2,29,35)(H,30,33)(H,31,34)(H,32,36)(H,37,38)(H,39,40)/t18-,19+,20+,21-/m1/s1. The van der Waals surface area contributed by atoms with Crippen LogP contribution in [-0.2, 0) is 28.8 Å². The van der Waals surface area contributed by atoms with Crippen molar-refractivity contribution >= 4 is 35.6 Å². The number of hydrogen-bond donors (Lipinski definition) is 7. The Hall–Kier alpha value is -3.22. The van der Waals surface area contributed by atoms with Gasteiger partial charge in [-0.05, 0) is 39.0 Å². The van der Waals surface area contributed by atoms with E-state index in [-0.39, 0.29) is 44.4 Å². The first-order chi connectivity index (χ1) is 18.9. The van der Waals surface area contributed by atoms with Crippen molar-refractivity contribution in [3.05, 3.63) is 0 Å². The van der Waals surface area contributed by atoms with Crippen LogP contribution < -0.4 is 27.4 Å². The predicted molar refractivity (Wildman–Crippen MR) is 149 cm³/mol. The van der Waals surface area contributed by atoms with Crippen LogP contribution in [0.3, 0.4) is 0 Å². The lowest BCUT2D eigenvalue weighted by molar-refractivity contribution is -0.143. The minimum atomic E-state index is -1.41. The molecule has 0 aromatic heterocycles. The zero-order chi connectivity index (χ0) is 30.5. The average Bonchev–Trinajstić information content (AvgIpc) is 2.88. The number of carbonyl (C=O) groups excluding carboxylic acids is 4. The average molecular weight is 572 g/mol. The molecular weight excluding hydrogens is 522 g/mol. The van der Waals surface area contributed by atoms with Gasteiger partial charge in [-0.3, -0.25) is 19.2 Å². The maximum absolute atomic E-state index is 12.4. The molecule has 0 unspecified atom stereocenters. The van der Waals surface area contributed by atoms with Crippen LogP contribution in [0.1, 0.15) is 110 Å². The van der Waals surface area contributed by atoms with Crippen molar-refractivity contribution in [2.24, 2.45) is 11.5 Å². The van der Waals surface area contributed by atoms with Crippen LogP contribution in [0.25, 0.3) is 0 Å². The number of nitrogens with two attached hydrogens (primary N) is 2. The van der Waals surface area contributed by atoms with E-state index in [9.17, 15) is 39.0 Å². The number of carboxylic acid groups (broad SMARTS) is 2. The lowest BCUT2D eigenvalue weighted by Gasteiger charge is -2.19. The number of amides is 4. The van der Waals surface area contributed by atoms with E-state index < -0.39 is 53.8 Å². The molecule has 0 aliphatic rings. The number of rotatable bonds is 24. The van der Waals surface area contributed by atoms with E-state index in [1.807, 2.05) is 0 Å². The van der Waals surface area contributed by atoms with Crippen LogP contribution in [0.5, 0.6) is 0 Å². The molecular formula is C27H49N5O8. The van der Waals surface area contributed by atoms with E-state index in [0.717, 1.165) is 19.3 Å². The third-order valence-corrected chi connectivity index (χ3v) is 6.56. The number of unbranched alkanes of at least 4 members (excludes halogenated alkanes) is 8. The third-order valence-electron chi connectivity index (χ3n) is 6.56. The van der Waals surface area contributed by atoms with E-state index in [4.69, 9.17) is 11.5 Å². The largest absolute Gasteiger partial charge is 0.480 e. The van der Waals surface area contributed by atoms with Gasteiger partial charge in [0.25, 0.3) is 0 Å². The second-order valence-electron chi connectivity index (χ2n) is 10.2. The van der Waals surface area contributed by atoms with Gasteiger partial charge in [-0.2, -0.15) is 0 Å². The van der Waals surface area contributed by atoms with E-state index in [1.165, 1.54) is 39.0 Å². The Labute approximate surface area is 236 Å². The van der Waals surface area contributed by atoms with Crippen molar-refractivity contribution in [1.29, 1.82) is 0 Å². The highest BCUT2D eigenvalue weighted by molar-refractivity contribution is 5.90. The first-order valence-corrected chi connectivity index (χ1v) is 14.3. The Bertz CT molecular complexity index is 823. The molecule has 4 amide bonds.